The van der Waals surface area contributed by atoms with Crippen LogP contribution in [0.25, 0.3) is 0 Å². The predicted octanol–water partition coefficient (Wildman–Crippen LogP) is 0.902. The van der Waals surface area contributed by atoms with Gasteiger partial charge >= 0.3 is 0 Å². The van der Waals surface area contributed by atoms with Crippen molar-refractivity contribution in [2.24, 2.45) is 17.6 Å². The standard InChI is InChI=1S/C13H27N3O2S2/c1-4-15(8-11(2)13(14)19)9-12-6-5-7-16(10-12)20(3,17)18/h11-12H,4-10H2,1-3H3,(H2,14,19). The van der Waals surface area contributed by atoms with Crippen LogP contribution in [0.15, 0.2) is 0 Å². The lowest BCUT2D eigenvalue weighted by molar-refractivity contribution is 0.177. The van der Waals surface area contributed by atoms with Crippen LogP contribution in [-0.4, -0.2) is 61.6 Å². The fourth-order valence-corrected chi connectivity index (χ4v) is 3.67. The van der Waals surface area contributed by atoms with Crippen LogP contribution in [-0.2, 0) is 10.0 Å². The second-order valence-corrected chi connectivity index (χ2v) is 8.24. The Labute approximate surface area is 128 Å². The Hall–Kier alpha value is -0.240. The van der Waals surface area contributed by atoms with Crippen LogP contribution >= 0.6 is 12.2 Å². The van der Waals surface area contributed by atoms with Gasteiger partial charge in [-0.3, -0.25) is 0 Å². The number of nitrogens with two attached hydrogens (primary N) is 1. The van der Waals surface area contributed by atoms with Gasteiger partial charge in [0.25, 0.3) is 0 Å². The fourth-order valence-electron chi connectivity index (χ4n) is 2.65. The molecule has 0 aliphatic carbocycles. The smallest absolute Gasteiger partial charge is 0.211 e. The van der Waals surface area contributed by atoms with Gasteiger partial charge in [-0.15, -0.1) is 0 Å². The molecular weight excluding hydrogens is 294 g/mol. The van der Waals surface area contributed by atoms with E-state index in [0.29, 0.717) is 24.0 Å². The zero-order chi connectivity index (χ0) is 15.3. The number of sulfonamides is 1. The Morgan fingerprint density at radius 3 is 2.70 bits per heavy atom. The summed E-state index contributed by atoms with van der Waals surface area (Å²) in [6.07, 6.45) is 3.33. The van der Waals surface area contributed by atoms with E-state index in [1.54, 1.807) is 4.31 Å². The van der Waals surface area contributed by atoms with Crippen molar-refractivity contribution in [3.8, 4) is 0 Å². The Kier molecular flexibility index (Phi) is 6.84. The van der Waals surface area contributed by atoms with Crippen molar-refractivity contribution in [1.82, 2.24) is 9.21 Å². The lowest BCUT2D eigenvalue weighted by atomic mass is 9.98. The number of hydrogen-bond donors (Lipinski definition) is 1. The number of piperidine rings is 1. The van der Waals surface area contributed by atoms with Crippen LogP contribution in [0.5, 0.6) is 0 Å². The molecule has 1 heterocycles. The number of rotatable bonds is 7. The summed E-state index contributed by atoms with van der Waals surface area (Å²) in [5.74, 6) is 0.594. The highest BCUT2D eigenvalue weighted by Crippen LogP contribution is 2.20. The lowest BCUT2D eigenvalue weighted by Gasteiger charge is -2.34. The summed E-state index contributed by atoms with van der Waals surface area (Å²) in [4.78, 5) is 2.87. The second-order valence-electron chi connectivity index (χ2n) is 5.78. The van der Waals surface area contributed by atoms with Gasteiger partial charge in [-0.1, -0.05) is 26.1 Å². The molecule has 5 nitrogen and oxygen atoms in total. The fraction of sp³-hybridized carbons (Fsp3) is 0.923. The summed E-state index contributed by atoms with van der Waals surface area (Å²) in [6.45, 7) is 8.14. The topological polar surface area (TPSA) is 66.6 Å². The summed E-state index contributed by atoms with van der Waals surface area (Å²) >= 11 is 5.02. The summed E-state index contributed by atoms with van der Waals surface area (Å²) in [5.41, 5.74) is 5.67. The van der Waals surface area contributed by atoms with E-state index >= 15 is 0 Å². The van der Waals surface area contributed by atoms with E-state index in [-0.39, 0.29) is 5.92 Å². The third-order valence-electron chi connectivity index (χ3n) is 3.93. The first-order valence-electron chi connectivity index (χ1n) is 7.20. The second kappa shape index (κ2) is 7.68. The van der Waals surface area contributed by atoms with Crippen molar-refractivity contribution >= 4 is 27.2 Å². The SMILES string of the molecule is CCN(CC1CCCN(S(C)(=O)=O)C1)CC(C)C(N)=S. The Bertz CT molecular complexity index is 425. The molecule has 0 spiro atoms. The molecule has 7 heteroatoms. The predicted molar refractivity (Wildman–Crippen MR) is 87.2 cm³/mol. The summed E-state index contributed by atoms with van der Waals surface area (Å²) in [6, 6.07) is 0. The van der Waals surface area contributed by atoms with Gasteiger partial charge in [-0.2, -0.15) is 0 Å². The molecule has 0 saturated carbocycles. The van der Waals surface area contributed by atoms with Gasteiger partial charge in [0.05, 0.1) is 11.2 Å². The third-order valence-corrected chi connectivity index (χ3v) is 5.60. The summed E-state index contributed by atoms with van der Waals surface area (Å²) < 4.78 is 24.9. The maximum Gasteiger partial charge on any atom is 0.211 e. The monoisotopic (exact) mass is 321 g/mol. The third kappa shape index (κ3) is 5.63. The molecule has 1 rings (SSSR count). The highest BCUT2D eigenvalue weighted by molar-refractivity contribution is 7.88. The average Bonchev–Trinajstić information content (AvgIpc) is 2.37. The van der Waals surface area contributed by atoms with Crippen LogP contribution in [0.3, 0.4) is 0 Å². The molecule has 2 atom stereocenters. The zero-order valence-corrected chi connectivity index (χ0v) is 14.3. The molecule has 1 aliphatic heterocycles. The Balaban J connectivity index is 2.55. The maximum atomic E-state index is 11.6. The first kappa shape index (κ1) is 17.8. The molecule has 0 aromatic heterocycles. The normalized spacial score (nSPS) is 22.9. The summed E-state index contributed by atoms with van der Waals surface area (Å²) in [7, 11) is -3.06. The molecule has 20 heavy (non-hydrogen) atoms. The molecule has 118 valence electrons. The van der Waals surface area contributed by atoms with E-state index < -0.39 is 10.0 Å². The quantitative estimate of drug-likeness (QED) is 0.706. The van der Waals surface area contributed by atoms with Crippen molar-refractivity contribution < 1.29 is 8.42 Å². The highest BCUT2D eigenvalue weighted by Gasteiger charge is 2.27. The molecule has 0 radical (unpaired) electrons. The molecule has 1 saturated heterocycles. The minimum Gasteiger partial charge on any atom is -0.393 e. The van der Waals surface area contributed by atoms with E-state index in [4.69, 9.17) is 18.0 Å². The maximum absolute atomic E-state index is 11.6. The molecule has 2 N–H and O–H groups in total. The van der Waals surface area contributed by atoms with Crippen molar-refractivity contribution in [2.45, 2.75) is 26.7 Å². The van der Waals surface area contributed by atoms with E-state index in [0.717, 1.165) is 32.5 Å². The van der Waals surface area contributed by atoms with Crippen LogP contribution < -0.4 is 5.73 Å². The van der Waals surface area contributed by atoms with Gasteiger partial charge in [-0.25, -0.2) is 12.7 Å². The minimum atomic E-state index is -3.06. The number of hydrogen-bond acceptors (Lipinski definition) is 4. The van der Waals surface area contributed by atoms with Gasteiger partial charge in [0.1, 0.15) is 0 Å². The first-order chi connectivity index (χ1) is 9.24. The van der Waals surface area contributed by atoms with E-state index in [1.807, 2.05) is 6.92 Å². The van der Waals surface area contributed by atoms with Gasteiger partial charge < -0.3 is 10.6 Å². The van der Waals surface area contributed by atoms with E-state index in [2.05, 4.69) is 11.8 Å². The van der Waals surface area contributed by atoms with Crippen LogP contribution in [0, 0.1) is 11.8 Å². The molecule has 0 bridgehead atoms. The first-order valence-corrected chi connectivity index (χ1v) is 9.46. The molecule has 0 amide bonds. The number of nitrogens with zero attached hydrogens (tertiary/aromatic N) is 2. The summed E-state index contributed by atoms with van der Waals surface area (Å²) in [5, 5.41) is 0. The van der Waals surface area contributed by atoms with Crippen molar-refractivity contribution in [3.05, 3.63) is 0 Å². The van der Waals surface area contributed by atoms with E-state index in [9.17, 15) is 8.42 Å². The van der Waals surface area contributed by atoms with Gasteiger partial charge in [-0.05, 0) is 25.3 Å². The van der Waals surface area contributed by atoms with Crippen molar-refractivity contribution in [1.29, 1.82) is 0 Å². The Morgan fingerprint density at radius 1 is 1.55 bits per heavy atom. The van der Waals surface area contributed by atoms with Crippen LogP contribution in [0.2, 0.25) is 0 Å². The Morgan fingerprint density at radius 2 is 2.20 bits per heavy atom. The molecule has 1 fully saturated rings. The van der Waals surface area contributed by atoms with Gasteiger partial charge in [0.2, 0.25) is 10.0 Å². The molecular formula is C13H27N3O2S2. The minimum absolute atomic E-state index is 0.194. The van der Waals surface area contributed by atoms with Crippen molar-refractivity contribution in [2.75, 3.05) is 39.0 Å². The molecule has 2 unspecified atom stereocenters. The van der Waals surface area contributed by atoms with Gasteiger partial charge in [0.15, 0.2) is 0 Å². The zero-order valence-electron chi connectivity index (χ0n) is 12.7. The van der Waals surface area contributed by atoms with Gasteiger partial charge in [0, 0.05) is 32.1 Å². The van der Waals surface area contributed by atoms with Crippen LogP contribution in [0.4, 0.5) is 0 Å². The molecule has 0 aromatic carbocycles. The number of thiocarbonyl (C=S) groups is 1. The molecule has 1 aliphatic rings. The highest BCUT2D eigenvalue weighted by atomic mass is 32.2. The lowest BCUT2D eigenvalue weighted by Crippen LogP contribution is -2.44. The average molecular weight is 322 g/mol. The van der Waals surface area contributed by atoms with E-state index in [1.165, 1.54) is 6.26 Å². The largest absolute Gasteiger partial charge is 0.393 e. The van der Waals surface area contributed by atoms with Crippen molar-refractivity contribution in [3.63, 3.8) is 0 Å². The molecule has 0 aromatic rings. The van der Waals surface area contributed by atoms with Crippen LogP contribution in [0.1, 0.15) is 26.7 Å².